The molecule has 1 N–H and O–H groups in total. The minimum absolute atomic E-state index is 0.0465. The third-order valence-electron chi connectivity index (χ3n) is 3.41. The van der Waals surface area contributed by atoms with Crippen molar-refractivity contribution in [2.45, 2.75) is 18.5 Å². The Kier molecular flexibility index (Phi) is 7.01. The second-order valence-electron chi connectivity index (χ2n) is 5.59. The fraction of sp³-hybridized carbons (Fsp3) is 0.188. The maximum absolute atomic E-state index is 13.4. The molecule has 0 aliphatic carbocycles. The highest BCUT2D eigenvalue weighted by molar-refractivity contribution is 9.11. The summed E-state index contributed by atoms with van der Waals surface area (Å²) in [4.78, 5) is 22.4. The van der Waals surface area contributed by atoms with Crippen LogP contribution in [0.25, 0.3) is 0 Å². The first-order chi connectivity index (χ1) is 13.7. The van der Waals surface area contributed by atoms with Crippen LogP contribution < -0.4 is 10.1 Å². The Morgan fingerprint density at radius 1 is 1.10 bits per heavy atom. The maximum Gasteiger partial charge on any atom is 0.439 e. The van der Waals surface area contributed by atoms with Gasteiger partial charge in [-0.15, -0.1) is 0 Å². The topological polar surface area (TPSA) is 81.5 Å². The van der Waals surface area contributed by atoms with Gasteiger partial charge in [0.2, 0.25) is 0 Å². The third kappa shape index (κ3) is 5.62. The fourth-order valence-electron chi connectivity index (χ4n) is 2.07. The standard InChI is InChI=1S/C16H8Br2F6N2O4/c17-10-5-9(30-16(23,24)14(19)15(20,21)22)6-11(18)12(10)25-13(27)7-2-1-3-8(4-7)26(28)29/h1-6,14H,(H,25,27). The van der Waals surface area contributed by atoms with Crippen molar-refractivity contribution in [1.29, 1.82) is 0 Å². The van der Waals surface area contributed by atoms with E-state index in [0.717, 1.165) is 24.3 Å². The summed E-state index contributed by atoms with van der Waals surface area (Å²) in [6.45, 7) is 0. The van der Waals surface area contributed by atoms with Gasteiger partial charge in [-0.05, 0) is 50.1 Å². The number of nitro benzene ring substituents is 1. The van der Waals surface area contributed by atoms with Crippen molar-refractivity contribution in [1.82, 2.24) is 0 Å². The smallest absolute Gasteiger partial charge is 0.430 e. The highest BCUT2D eigenvalue weighted by atomic mass is 79.9. The van der Waals surface area contributed by atoms with Crippen LogP contribution in [0.1, 0.15) is 10.4 Å². The molecule has 0 aromatic heterocycles. The van der Waals surface area contributed by atoms with Crippen LogP contribution >= 0.6 is 31.9 Å². The number of carbonyl (C=O) groups excluding carboxylic acids is 1. The number of alkyl halides is 6. The number of amides is 1. The van der Waals surface area contributed by atoms with Crippen molar-refractivity contribution in [3.8, 4) is 5.75 Å². The zero-order valence-corrected chi connectivity index (χ0v) is 17.3. The molecule has 2 aromatic carbocycles. The van der Waals surface area contributed by atoms with Crippen LogP contribution in [0.4, 0.5) is 37.7 Å². The first-order valence-electron chi connectivity index (χ1n) is 7.55. The summed E-state index contributed by atoms with van der Waals surface area (Å²) in [5.74, 6) is -1.64. The molecule has 30 heavy (non-hydrogen) atoms. The first kappa shape index (κ1) is 23.9. The van der Waals surface area contributed by atoms with Gasteiger partial charge in [-0.3, -0.25) is 14.9 Å². The molecule has 0 fully saturated rings. The van der Waals surface area contributed by atoms with Gasteiger partial charge in [0.25, 0.3) is 17.8 Å². The number of nitrogens with one attached hydrogen (secondary N) is 1. The van der Waals surface area contributed by atoms with Crippen LogP contribution in [-0.4, -0.2) is 29.3 Å². The quantitative estimate of drug-likeness (QED) is 0.255. The van der Waals surface area contributed by atoms with E-state index >= 15 is 0 Å². The lowest BCUT2D eigenvalue weighted by atomic mass is 10.2. The average molecular weight is 566 g/mol. The average Bonchev–Trinajstić information content (AvgIpc) is 2.62. The molecule has 0 aliphatic heterocycles. The fourth-order valence-corrected chi connectivity index (χ4v) is 3.42. The molecular formula is C16H8Br2F6N2O4. The van der Waals surface area contributed by atoms with Crippen LogP contribution in [0.2, 0.25) is 0 Å². The molecule has 0 saturated carbocycles. The van der Waals surface area contributed by atoms with Crippen molar-refractivity contribution < 1.29 is 40.8 Å². The zero-order chi connectivity index (χ0) is 22.9. The molecule has 2 rings (SSSR count). The van der Waals surface area contributed by atoms with Crippen molar-refractivity contribution >= 4 is 49.1 Å². The van der Waals surface area contributed by atoms with Gasteiger partial charge in [0.15, 0.2) is 0 Å². The van der Waals surface area contributed by atoms with Crippen LogP contribution in [0, 0.1) is 10.1 Å². The van der Waals surface area contributed by atoms with Gasteiger partial charge in [-0.25, -0.2) is 4.39 Å². The molecule has 0 radical (unpaired) electrons. The number of nitrogens with zero attached hydrogens (tertiary/aromatic N) is 1. The molecule has 2 aromatic rings. The van der Waals surface area contributed by atoms with Gasteiger partial charge in [0.05, 0.1) is 10.6 Å². The van der Waals surface area contributed by atoms with Crippen LogP contribution in [0.5, 0.6) is 5.75 Å². The van der Waals surface area contributed by atoms with E-state index in [-0.39, 0.29) is 25.9 Å². The zero-order valence-electron chi connectivity index (χ0n) is 14.1. The van der Waals surface area contributed by atoms with Gasteiger partial charge < -0.3 is 10.1 Å². The summed E-state index contributed by atoms with van der Waals surface area (Å²) >= 11 is 5.85. The van der Waals surface area contributed by atoms with E-state index in [1.807, 2.05) is 0 Å². The molecular weight excluding hydrogens is 558 g/mol. The van der Waals surface area contributed by atoms with E-state index < -0.39 is 35.0 Å². The highest BCUT2D eigenvalue weighted by Gasteiger charge is 2.59. The van der Waals surface area contributed by atoms with E-state index in [1.165, 1.54) is 12.1 Å². The van der Waals surface area contributed by atoms with Crippen molar-refractivity contribution in [2.24, 2.45) is 0 Å². The lowest BCUT2D eigenvalue weighted by molar-refractivity contribution is -0.384. The van der Waals surface area contributed by atoms with E-state index in [4.69, 9.17) is 0 Å². The number of hydrogen-bond acceptors (Lipinski definition) is 4. The molecule has 0 saturated heterocycles. The van der Waals surface area contributed by atoms with E-state index in [0.29, 0.717) is 0 Å². The van der Waals surface area contributed by atoms with E-state index in [9.17, 15) is 41.3 Å². The van der Waals surface area contributed by atoms with Gasteiger partial charge in [-0.2, -0.15) is 22.0 Å². The van der Waals surface area contributed by atoms with Crippen LogP contribution in [-0.2, 0) is 0 Å². The van der Waals surface area contributed by atoms with Crippen molar-refractivity contribution in [3.05, 3.63) is 61.0 Å². The molecule has 6 nitrogen and oxygen atoms in total. The first-order valence-corrected chi connectivity index (χ1v) is 9.13. The lowest BCUT2D eigenvalue weighted by Gasteiger charge is -2.23. The van der Waals surface area contributed by atoms with Gasteiger partial charge in [-0.1, -0.05) is 6.07 Å². The van der Waals surface area contributed by atoms with E-state index in [1.54, 1.807) is 0 Å². The molecule has 1 amide bonds. The Hall–Kier alpha value is -2.35. The molecule has 0 heterocycles. The maximum atomic E-state index is 13.4. The Balaban J connectivity index is 2.26. The predicted octanol–water partition coefficient (Wildman–Crippen LogP) is 6.24. The minimum Gasteiger partial charge on any atom is -0.430 e. The summed E-state index contributed by atoms with van der Waals surface area (Å²) in [6.07, 6.45) is -15.6. The van der Waals surface area contributed by atoms with E-state index in [2.05, 4.69) is 41.9 Å². The van der Waals surface area contributed by atoms with Crippen LogP contribution in [0.15, 0.2) is 45.3 Å². The number of halogens is 8. The normalized spacial score (nSPS) is 12.9. The summed E-state index contributed by atoms with van der Waals surface area (Å²) in [5.41, 5.74) is -0.493. The number of benzene rings is 2. The van der Waals surface area contributed by atoms with Crippen molar-refractivity contribution in [2.75, 3.05) is 5.32 Å². The molecule has 0 spiro atoms. The summed E-state index contributed by atoms with van der Waals surface area (Å²) < 4.78 is 80.1. The number of carbonyl (C=O) groups is 1. The Bertz CT molecular complexity index is 963. The highest BCUT2D eigenvalue weighted by Crippen LogP contribution is 2.40. The van der Waals surface area contributed by atoms with Crippen LogP contribution in [0.3, 0.4) is 0 Å². The molecule has 0 aliphatic rings. The minimum atomic E-state index is -5.84. The molecule has 162 valence electrons. The summed E-state index contributed by atoms with van der Waals surface area (Å²) in [7, 11) is 0. The third-order valence-corrected chi connectivity index (χ3v) is 4.66. The monoisotopic (exact) mass is 564 g/mol. The van der Waals surface area contributed by atoms with Crippen molar-refractivity contribution in [3.63, 3.8) is 0 Å². The molecule has 0 bridgehead atoms. The Labute approximate surface area is 180 Å². The molecule has 1 atom stereocenters. The van der Waals surface area contributed by atoms with Gasteiger partial charge in [0.1, 0.15) is 5.75 Å². The molecule has 1 unspecified atom stereocenters. The Morgan fingerprint density at radius 2 is 1.67 bits per heavy atom. The number of anilines is 1. The number of rotatable bonds is 6. The number of nitro groups is 1. The summed E-state index contributed by atoms with van der Waals surface area (Å²) in [5, 5.41) is 13.1. The predicted molar refractivity (Wildman–Crippen MR) is 99.4 cm³/mol. The molecule has 14 heteroatoms. The number of non-ortho nitro benzene ring substituents is 1. The number of hydrogen-bond donors (Lipinski definition) is 1. The number of ether oxygens (including phenoxy) is 1. The summed E-state index contributed by atoms with van der Waals surface area (Å²) in [6, 6.07) is 6.27. The lowest BCUT2D eigenvalue weighted by Crippen LogP contribution is -2.45. The van der Waals surface area contributed by atoms with Gasteiger partial charge in [0, 0.05) is 26.6 Å². The second-order valence-corrected chi connectivity index (χ2v) is 7.30. The second kappa shape index (κ2) is 8.79. The SMILES string of the molecule is O=C(Nc1c(Br)cc(OC(F)(F)C(F)C(F)(F)F)cc1Br)c1cccc([N+](=O)[O-])c1. The largest absolute Gasteiger partial charge is 0.439 e. The van der Waals surface area contributed by atoms with Gasteiger partial charge >= 0.3 is 12.3 Å². The Morgan fingerprint density at radius 3 is 2.17 bits per heavy atom.